The van der Waals surface area contributed by atoms with E-state index >= 15 is 0 Å². The minimum Gasteiger partial charge on any atom is -0.414 e. The zero-order valence-corrected chi connectivity index (χ0v) is 16.9. The number of anilines is 3. The molecule has 2 heterocycles. The summed E-state index contributed by atoms with van der Waals surface area (Å²) in [5.74, 6) is 0.781. The van der Waals surface area contributed by atoms with Gasteiger partial charge in [-0.3, -0.25) is 9.97 Å². The fourth-order valence-electron chi connectivity index (χ4n) is 3.20. The van der Waals surface area contributed by atoms with Crippen LogP contribution in [0.1, 0.15) is 12.8 Å². The molecule has 1 unspecified atom stereocenters. The van der Waals surface area contributed by atoms with Crippen molar-refractivity contribution in [1.82, 2.24) is 9.97 Å². The van der Waals surface area contributed by atoms with Crippen molar-refractivity contribution in [2.45, 2.75) is 23.8 Å². The summed E-state index contributed by atoms with van der Waals surface area (Å²) in [6.07, 6.45) is 5.97. The molecule has 0 spiro atoms. The Balaban J connectivity index is 0.00000196. The minimum absolute atomic E-state index is 0. The molecule has 1 fully saturated rings. The van der Waals surface area contributed by atoms with Crippen LogP contribution in [-0.4, -0.2) is 28.8 Å². The molecule has 2 aromatic carbocycles. The third-order valence-electron chi connectivity index (χ3n) is 4.57. The van der Waals surface area contributed by atoms with Crippen molar-refractivity contribution in [1.29, 1.82) is 0 Å². The maximum Gasteiger partial charge on any atom is 2.00 e. The van der Waals surface area contributed by atoms with Crippen molar-refractivity contribution in [3.05, 3.63) is 55.7 Å². The molecule has 1 aliphatic rings. The van der Waals surface area contributed by atoms with Gasteiger partial charge in [0.25, 0.3) is 0 Å². The fourth-order valence-corrected chi connectivity index (χ4v) is 3.61. The fraction of sp³-hybridized carbons (Fsp3) is 0.250. The van der Waals surface area contributed by atoms with E-state index in [0.717, 1.165) is 41.1 Å². The van der Waals surface area contributed by atoms with Gasteiger partial charge in [0, 0.05) is 17.1 Å². The number of rotatable bonds is 4. The van der Waals surface area contributed by atoms with Gasteiger partial charge in [0.1, 0.15) is 0 Å². The smallest absolute Gasteiger partial charge is 0.414 e. The molecule has 0 aliphatic carbocycles. The van der Waals surface area contributed by atoms with Crippen molar-refractivity contribution < 1.29 is 18.6 Å². The Morgan fingerprint density at radius 2 is 2.00 bits per heavy atom. The molecule has 1 saturated heterocycles. The van der Waals surface area contributed by atoms with Gasteiger partial charge in [0.2, 0.25) is 0 Å². The summed E-state index contributed by atoms with van der Waals surface area (Å²) >= 11 is 1.73. The summed E-state index contributed by atoms with van der Waals surface area (Å²) in [4.78, 5) is 12.4. The standard InChI is InChI=1S/C20H20N4S.V/c1-14-4-3-11-24(14)16-7-10-19-18(12-16)20(22-13-21-19)23-15-5-8-17(25-2)9-6-15;/h5-10,13-14H,1,3-4,11H2,2H3,(H,21,22,23);/q-2;+2. The SMILES string of the molecule is [CH2-]C1CCCN1c1[c-]c2c(Nc3ccc(SC)cc3)ncnc2cc1.[V+2]. The Kier molecular flexibility index (Phi) is 6.12. The molecule has 0 bridgehead atoms. The summed E-state index contributed by atoms with van der Waals surface area (Å²) in [6, 6.07) is 16.3. The third-order valence-corrected chi connectivity index (χ3v) is 5.31. The average molecular weight is 399 g/mol. The van der Waals surface area contributed by atoms with Crippen molar-refractivity contribution in [2.24, 2.45) is 0 Å². The first-order valence-corrected chi connectivity index (χ1v) is 9.65. The molecular weight excluding hydrogens is 379 g/mol. The largest absolute Gasteiger partial charge is 2.00 e. The maximum atomic E-state index is 4.44. The molecule has 1 radical (unpaired) electrons. The molecule has 4 nitrogen and oxygen atoms in total. The number of benzene rings is 2. The van der Waals surface area contributed by atoms with Crippen molar-refractivity contribution in [3.8, 4) is 0 Å². The molecule has 1 N–H and O–H groups in total. The molecule has 1 aromatic heterocycles. The predicted molar refractivity (Wildman–Crippen MR) is 106 cm³/mol. The zero-order valence-electron chi connectivity index (χ0n) is 14.6. The molecule has 3 aromatic rings. The Morgan fingerprint density at radius 1 is 1.19 bits per heavy atom. The van der Waals surface area contributed by atoms with Crippen LogP contribution in [-0.2, 0) is 18.6 Å². The quantitative estimate of drug-likeness (QED) is 0.509. The monoisotopic (exact) mass is 399 g/mol. The number of nitrogens with zero attached hydrogens (tertiary/aromatic N) is 3. The van der Waals surface area contributed by atoms with Crippen LogP contribution >= 0.6 is 11.8 Å². The van der Waals surface area contributed by atoms with Gasteiger partial charge in [-0.15, -0.1) is 30.0 Å². The van der Waals surface area contributed by atoms with Gasteiger partial charge >= 0.3 is 18.6 Å². The third kappa shape index (κ3) is 3.85. The van der Waals surface area contributed by atoms with E-state index in [0.29, 0.717) is 6.04 Å². The first-order chi connectivity index (χ1) is 12.2. The topological polar surface area (TPSA) is 41.0 Å². The van der Waals surface area contributed by atoms with Crippen LogP contribution in [0, 0.1) is 13.0 Å². The number of aromatic nitrogens is 2. The molecular formula is C20H20N4SV. The Labute approximate surface area is 170 Å². The van der Waals surface area contributed by atoms with Crippen LogP contribution < -0.4 is 10.2 Å². The van der Waals surface area contributed by atoms with Gasteiger partial charge in [0.15, 0.2) is 0 Å². The van der Waals surface area contributed by atoms with E-state index in [1.165, 1.54) is 11.3 Å². The number of nitrogens with one attached hydrogen (secondary N) is 1. The van der Waals surface area contributed by atoms with Crippen molar-refractivity contribution >= 4 is 39.9 Å². The van der Waals surface area contributed by atoms with Crippen molar-refractivity contribution in [3.63, 3.8) is 0 Å². The second-order valence-corrected chi connectivity index (χ2v) is 7.05. The Morgan fingerprint density at radius 3 is 2.69 bits per heavy atom. The predicted octanol–water partition coefficient (Wildman–Crippen LogP) is 4.70. The van der Waals surface area contributed by atoms with Crippen LogP contribution in [0.3, 0.4) is 0 Å². The van der Waals surface area contributed by atoms with E-state index < -0.39 is 0 Å². The van der Waals surface area contributed by atoms with E-state index in [1.807, 2.05) is 6.07 Å². The van der Waals surface area contributed by atoms with E-state index in [9.17, 15) is 0 Å². The van der Waals surface area contributed by atoms with E-state index in [-0.39, 0.29) is 18.6 Å². The Hall–Kier alpha value is -1.69. The molecule has 0 saturated carbocycles. The van der Waals surface area contributed by atoms with Crippen LogP contribution in [0.4, 0.5) is 17.2 Å². The van der Waals surface area contributed by atoms with Gasteiger partial charge in [-0.25, -0.2) is 0 Å². The first kappa shape index (κ1) is 19.1. The van der Waals surface area contributed by atoms with E-state index in [1.54, 1.807) is 18.1 Å². The molecule has 26 heavy (non-hydrogen) atoms. The van der Waals surface area contributed by atoms with Crippen LogP contribution in [0.15, 0.2) is 47.6 Å². The number of hydrogen-bond acceptors (Lipinski definition) is 5. The van der Waals surface area contributed by atoms with Gasteiger partial charge in [-0.05, 0) is 42.5 Å². The molecule has 1 atom stereocenters. The van der Waals surface area contributed by atoms with Gasteiger partial charge in [0.05, 0.1) is 12.1 Å². The summed E-state index contributed by atoms with van der Waals surface area (Å²) in [5, 5.41) is 4.31. The molecule has 4 rings (SSSR count). The van der Waals surface area contributed by atoms with Gasteiger partial charge in [-0.1, -0.05) is 23.5 Å². The summed E-state index contributed by atoms with van der Waals surface area (Å²) in [7, 11) is 0. The molecule has 0 amide bonds. The minimum atomic E-state index is 0. The summed E-state index contributed by atoms with van der Waals surface area (Å²) < 4.78 is 0. The molecule has 1 aliphatic heterocycles. The maximum absolute atomic E-state index is 4.44. The Bertz CT molecular complexity index is 885. The second-order valence-electron chi connectivity index (χ2n) is 6.17. The first-order valence-electron chi connectivity index (χ1n) is 8.42. The number of fused-ring (bicyclic) bond motifs is 1. The van der Waals surface area contributed by atoms with E-state index in [2.05, 4.69) is 69.8 Å². The van der Waals surface area contributed by atoms with Crippen molar-refractivity contribution in [2.75, 3.05) is 23.0 Å². The average Bonchev–Trinajstić information content (AvgIpc) is 3.08. The summed E-state index contributed by atoms with van der Waals surface area (Å²) in [5.41, 5.74) is 2.97. The van der Waals surface area contributed by atoms with Crippen LogP contribution in [0.2, 0.25) is 0 Å². The molecule has 131 valence electrons. The molecule has 6 heteroatoms. The summed E-state index contributed by atoms with van der Waals surface area (Å²) in [6.45, 7) is 5.27. The van der Waals surface area contributed by atoms with Gasteiger partial charge < -0.3 is 17.1 Å². The van der Waals surface area contributed by atoms with Gasteiger partial charge in [-0.2, -0.15) is 0 Å². The van der Waals surface area contributed by atoms with E-state index in [4.69, 9.17) is 0 Å². The number of thioether (sulfide) groups is 1. The van der Waals surface area contributed by atoms with Crippen LogP contribution in [0.25, 0.3) is 10.9 Å². The zero-order chi connectivity index (χ0) is 17.2. The normalized spacial score (nSPS) is 16.5. The second kappa shape index (κ2) is 8.34. The van der Waals surface area contributed by atoms with Crippen LogP contribution in [0.5, 0.6) is 0 Å². The number of hydrogen-bond donors (Lipinski definition) is 1.